The molecule has 0 bridgehead atoms. The van der Waals surface area contributed by atoms with E-state index in [0.29, 0.717) is 13.1 Å². The summed E-state index contributed by atoms with van der Waals surface area (Å²) >= 11 is 0. The van der Waals surface area contributed by atoms with E-state index in [4.69, 9.17) is 0 Å². The van der Waals surface area contributed by atoms with Crippen molar-refractivity contribution < 1.29 is 4.79 Å². The number of aromatic amines is 1. The summed E-state index contributed by atoms with van der Waals surface area (Å²) < 4.78 is 0. The number of rotatable bonds is 5. The average Bonchev–Trinajstić information content (AvgIpc) is 2.84. The molecule has 2 aromatic rings. The lowest BCUT2D eigenvalue weighted by Gasteiger charge is -2.10. The SMILES string of the molecule is CC(=O)Nc1ccccc1CNCc1ccn[nH]1. The first kappa shape index (κ1) is 12.3. The number of hydrogen-bond donors (Lipinski definition) is 3. The van der Waals surface area contributed by atoms with Gasteiger partial charge in [-0.1, -0.05) is 18.2 Å². The van der Waals surface area contributed by atoms with Crippen molar-refractivity contribution in [3.63, 3.8) is 0 Å². The number of H-pyrrole nitrogens is 1. The number of carbonyl (C=O) groups excluding carboxylic acids is 1. The van der Waals surface area contributed by atoms with Gasteiger partial charge in [0.25, 0.3) is 0 Å². The molecule has 3 N–H and O–H groups in total. The first-order valence-corrected chi connectivity index (χ1v) is 5.80. The summed E-state index contributed by atoms with van der Waals surface area (Å²) in [6.45, 7) is 2.92. The Morgan fingerprint density at radius 3 is 2.83 bits per heavy atom. The number of para-hydroxylation sites is 1. The molecule has 0 spiro atoms. The molecular formula is C13H16N4O. The second kappa shape index (κ2) is 5.97. The van der Waals surface area contributed by atoms with Crippen LogP contribution in [0.15, 0.2) is 36.5 Å². The minimum absolute atomic E-state index is 0.0592. The standard InChI is InChI=1S/C13H16N4O/c1-10(18)16-13-5-3-2-4-11(13)8-14-9-12-6-7-15-17-12/h2-7,14H,8-9H2,1H3,(H,15,17)(H,16,18). The number of aromatic nitrogens is 2. The lowest BCUT2D eigenvalue weighted by molar-refractivity contribution is -0.114. The first-order chi connectivity index (χ1) is 8.75. The lowest BCUT2D eigenvalue weighted by atomic mass is 10.1. The molecule has 18 heavy (non-hydrogen) atoms. The minimum atomic E-state index is -0.0592. The zero-order valence-corrected chi connectivity index (χ0v) is 10.2. The Morgan fingerprint density at radius 1 is 1.28 bits per heavy atom. The fourth-order valence-electron chi connectivity index (χ4n) is 1.70. The first-order valence-electron chi connectivity index (χ1n) is 5.80. The molecule has 0 atom stereocenters. The summed E-state index contributed by atoms with van der Waals surface area (Å²) in [5.74, 6) is -0.0592. The van der Waals surface area contributed by atoms with Gasteiger partial charge in [-0.15, -0.1) is 0 Å². The molecule has 0 aliphatic carbocycles. The molecule has 1 heterocycles. The maximum Gasteiger partial charge on any atom is 0.221 e. The molecule has 5 heteroatoms. The number of amides is 1. The monoisotopic (exact) mass is 244 g/mol. The fraction of sp³-hybridized carbons (Fsp3) is 0.231. The van der Waals surface area contributed by atoms with E-state index in [1.807, 2.05) is 30.3 Å². The third kappa shape index (κ3) is 3.43. The Labute approximate surface area is 106 Å². The number of nitrogens with one attached hydrogen (secondary N) is 3. The Morgan fingerprint density at radius 2 is 2.11 bits per heavy atom. The van der Waals surface area contributed by atoms with Crippen molar-refractivity contribution in [1.29, 1.82) is 0 Å². The van der Waals surface area contributed by atoms with Gasteiger partial charge in [0.05, 0.1) is 0 Å². The molecule has 0 saturated heterocycles. The van der Waals surface area contributed by atoms with Crippen molar-refractivity contribution in [2.24, 2.45) is 0 Å². The molecule has 2 rings (SSSR count). The maximum absolute atomic E-state index is 11.1. The van der Waals surface area contributed by atoms with Gasteiger partial charge < -0.3 is 10.6 Å². The number of nitrogens with zero attached hydrogens (tertiary/aromatic N) is 1. The summed E-state index contributed by atoms with van der Waals surface area (Å²) in [4.78, 5) is 11.1. The van der Waals surface area contributed by atoms with Gasteiger partial charge in [0.2, 0.25) is 5.91 Å². The Kier molecular flexibility index (Phi) is 4.09. The number of hydrogen-bond acceptors (Lipinski definition) is 3. The normalized spacial score (nSPS) is 10.3. The van der Waals surface area contributed by atoms with E-state index in [-0.39, 0.29) is 5.91 Å². The van der Waals surface area contributed by atoms with Crippen LogP contribution >= 0.6 is 0 Å². The van der Waals surface area contributed by atoms with Crippen LogP contribution in [0.3, 0.4) is 0 Å². The van der Waals surface area contributed by atoms with E-state index in [9.17, 15) is 4.79 Å². The van der Waals surface area contributed by atoms with Crippen LogP contribution in [-0.2, 0) is 17.9 Å². The summed E-state index contributed by atoms with van der Waals surface area (Å²) in [7, 11) is 0. The topological polar surface area (TPSA) is 69.8 Å². The van der Waals surface area contributed by atoms with Gasteiger partial charge in [-0.3, -0.25) is 9.89 Å². The molecule has 94 valence electrons. The molecular weight excluding hydrogens is 228 g/mol. The van der Waals surface area contributed by atoms with Gasteiger partial charge in [0, 0.05) is 37.6 Å². The van der Waals surface area contributed by atoms with E-state index in [1.54, 1.807) is 6.20 Å². The number of anilines is 1. The van der Waals surface area contributed by atoms with E-state index in [1.165, 1.54) is 6.92 Å². The third-order valence-electron chi connectivity index (χ3n) is 2.52. The van der Waals surface area contributed by atoms with Crippen molar-refractivity contribution >= 4 is 11.6 Å². The van der Waals surface area contributed by atoms with Crippen LogP contribution in [-0.4, -0.2) is 16.1 Å². The quantitative estimate of drug-likeness (QED) is 0.749. The molecule has 0 unspecified atom stereocenters. The number of carbonyl (C=O) groups is 1. The predicted molar refractivity (Wildman–Crippen MR) is 69.9 cm³/mol. The van der Waals surface area contributed by atoms with Crippen molar-refractivity contribution in [2.45, 2.75) is 20.0 Å². The smallest absolute Gasteiger partial charge is 0.221 e. The van der Waals surface area contributed by atoms with Gasteiger partial charge in [-0.2, -0.15) is 5.10 Å². The highest BCUT2D eigenvalue weighted by Crippen LogP contribution is 2.14. The van der Waals surface area contributed by atoms with Crippen molar-refractivity contribution in [1.82, 2.24) is 15.5 Å². The molecule has 0 fully saturated rings. The van der Waals surface area contributed by atoms with Crippen LogP contribution in [0.4, 0.5) is 5.69 Å². The average molecular weight is 244 g/mol. The summed E-state index contributed by atoms with van der Waals surface area (Å²) in [6.07, 6.45) is 1.72. The van der Waals surface area contributed by atoms with Gasteiger partial charge in [0.15, 0.2) is 0 Å². The molecule has 0 aliphatic heterocycles. The molecule has 1 aromatic heterocycles. The molecule has 0 radical (unpaired) electrons. The van der Waals surface area contributed by atoms with Crippen LogP contribution < -0.4 is 10.6 Å². The molecule has 1 aromatic carbocycles. The Hall–Kier alpha value is -2.14. The van der Waals surface area contributed by atoms with Gasteiger partial charge in [0.1, 0.15) is 0 Å². The Bertz CT molecular complexity index is 507. The highest BCUT2D eigenvalue weighted by molar-refractivity contribution is 5.89. The van der Waals surface area contributed by atoms with Crippen molar-refractivity contribution in [2.75, 3.05) is 5.32 Å². The van der Waals surface area contributed by atoms with Gasteiger partial charge in [-0.05, 0) is 17.7 Å². The predicted octanol–water partition coefficient (Wildman–Crippen LogP) is 1.66. The van der Waals surface area contributed by atoms with E-state index in [2.05, 4.69) is 20.8 Å². The summed E-state index contributed by atoms with van der Waals surface area (Å²) in [5.41, 5.74) is 2.95. The van der Waals surface area contributed by atoms with E-state index >= 15 is 0 Å². The molecule has 0 saturated carbocycles. The maximum atomic E-state index is 11.1. The third-order valence-corrected chi connectivity index (χ3v) is 2.52. The van der Waals surface area contributed by atoms with Crippen LogP contribution in [0.1, 0.15) is 18.2 Å². The fourth-order valence-corrected chi connectivity index (χ4v) is 1.70. The molecule has 1 amide bonds. The summed E-state index contributed by atoms with van der Waals surface area (Å²) in [6, 6.07) is 9.68. The molecule has 5 nitrogen and oxygen atoms in total. The van der Waals surface area contributed by atoms with Gasteiger partial charge >= 0.3 is 0 Å². The van der Waals surface area contributed by atoms with Crippen LogP contribution in [0, 0.1) is 0 Å². The Balaban J connectivity index is 1.94. The minimum Gasteiger partial charge on any atom is -0.326 e. The zero-order chi connectivity index (χ0) is 12.8. The number of benzene rings is 1. The highest BCUT2D eigenvalue weighted by Gasteiger charge is 2.02. The van der Waals surface area contributed by atoms with Crippen LogP contribution in [0.25, 0.3) is 0 Å². The van der Waals surface area contributed by atoms with E-state index < -0.39 is 0 Å². The van der Waals surface area contributed by atoms with Crippen molar-refractivity contribution in [3.05, 3.63) is 47.8 Å². The van der Waals surface area contributed by atoms with Crippen LogP contribution in [0.2, 0.25) is 0 Å². The highest BCUT2D eigenvalue weighted by atomic mass is 16.1. The van der Waals surface area contributed by atoms with Crippen molar-refractivity contribution in [3.8, 4) is 0 Å². The second-order valence-corrected chi connectivity index (χ2v) is 4.02. The zero-order valence-electron chi connectivity index (χ0n) is 10.2. The van der Waals surface area contributed by atoms with Crippen LogP contribution in [0.5, 0.6) is 0 Å². The summed E-state index contributed by atoms with van der Waals surface area (Å²) in [5, 5.41) is 12.9. The second-order valence-electron chi connectivity index (χ2n) is 4.02. The lowest BCUT2D eigenvalue weighted by Crippen LogP contribution is -2.15. The van der Waals surface area contributed by atoms with E-state index in [0.717, 1.165) is 16.9 Å². The molecule has 0 aliphatic rings. The largest absolute Gasteiger partial charge is 0.326 e. The van der Waals surface area contributed by atoms with Gasteiger partial charge in [-0.25, -0.2) is 0 Å².